The van der Waals surface area contributed by atoms with Gasteiger partial charge < -0.3 is 14.0 Å². The summed E-state index contributed by atoms with van der Waals surface area (Å²) < 4.78 is 13.1. The molecule has 0 spiro atoms. The van der Waals surface area contributed by atoms with Crippen LogP contribution in [0.4, 0.5) is 0 Å². The lowest BCUT2D eigenvalue weighted by atomic mass is 10.2. The molecule has 1 aromatic carbocycles. The average molecular weight is 272 g/mol. The molecule has 0 N–H and O–H groups in total. The van der Waals surface area contributed by atoms with Gasteiger partial charge in [-0.05, 0) is 25.0 Å². The van der Waals surface area contributed by atoms with Crippen LogP contribution in [0.5, 0.6) is 11.5 Å². The van der Waals surface area contributed by atoms with Crippen molar-refractivity contribution in [3.63, 3.8) is 0 Å². The molecule has 0 saturated heterocycles. The molecule has 1 aliphatic rings. The van der Waals surface area contributed by atoms with Gasteiger partial charge in [0.05, 0.1) is 30.9 Å². The van der Waals surface area contributed by atoms with Crippen molar-refractivity contribution < 1.29 is 14.3 Å². The Morgan fingerprint density at radius 1 is 1.45 bits per heavy atom. The number of nitrogens with zero attached hydrogens (tertiary/aromatic N) is 2. The van der Waals surface area contributed by atoms with E-state index in [0.29, 0.717) is 29.7 Å². The van der Waals surface area contributed by atoms with Crippen LogP contribution in [0.15, 0.2) is 30.7 Å². The van der Waals surface area contributed by atoms with Gasteiger partial charge in [-0.1, -0.05) is 0 Å². The van der Waals surface area contributed by atoms with E-state index in [-0.39, 0.29) is 0 Å². The zero-order valence-corrected chi connectivity index (χ0v) is 11.3. The van der Waals surface area contributed by atoms with Gasteiger partial charge in [-0.2, -0.15) is 0 Å². The molecule has 0 atom stereocenters. The number of hydrogen-bond donors (Lipinski definition) is 0. The fraction of sp³-hybridized carbons (Fsp3) is 0.333. The van der Waals surface area contributed by atoms with E-state index in [4.69, 9.17) is 9.47 Å². The fourth-order valence-corrected chi connectivity index (χ4v) is 2.14. The highest BCUT2D eigenvalue weighted by Crippen LogP contribution is 2.36. The molecule has 3 rings (SSSR count). The zero-order chi connectivity index (χ0) is 13.9. The van der Waals surface area contributed by atoms with E-state index in [1.165, 1.54) is 12.8 Å². The highest BCUT2D eigenvalue weighted by atomic mass is 16.5. The first kappa shape index (κ1) is 12.7. The number of aromatic nitrogens is 2. The molecule has 1 aliphatic carbocycles. The van der Waals surface area contributed by atoms with Gasteiger partial charge in [-0.25, -0.2) is 4.98 Å². The van der Waals surface area contributed by atoms with E-state index in [0.717, 1.165) is 12.0 Å². The van der Waals surface area contributed by atoms with Crippen molar-refractivity contribution in [3.8, 4) is 11.5 Å². The topological polar surface area (TPSA) is 53.4 Å². The Morgan fingerprint density at radius 2 is 2.30 bits per heavy atom. The van der Waals surface area contributed by atoms with Crippen molar-refractivity contribution in [3.05, 3.63) is 42.0 Å². The fourth-order valence-electron chi connectivity index (χ4n) is 2.14. The second kappa shape index (κ2) is 5.36. The van der Waals surface area contributed by atoms with Crippen molar-refractivity contribution in [1.29, 1.82) is 0 Å². The van der Waals surface area contributed by atoms with Crippen LogP contribution in [0.25, 0.3) is 0 Å². The van der Waals surface area contributed by atoms with Crippen molar-refractivity contribution in [2.75, 3.05) is 7.11 Å². The van der Waals surface area contributed by atoms with Gasteiger partial charge in [0.1, 0.15) is 18.1 Å². The van der Waals surface area contributed by atoms with Crippen LogP contribution in [0.2, 0.25) is 0 Å². The van der Waals surface area contributed by atoms with E-state index < -0.39 is 0 Å². The molecule has 2 aromatic rings. The molecule has 104 valence electrons. The standard InChI is InChI=1S/C15H16N2O3/c1-19-14-5-2-11(8-18)15(6-14)20-9-13-7-16-10-17(13)12-3-4-12/h2,5-8,10,12H,3-4,9H2,1H3. The normalized spacial score (nSPS) is 14.1. The van der Waals surface area contributed by atoms with Gasteiger partial charge in [0.15, 0.2) is 6.29 Å². The van der Waals surface area contributed by atoms with Crippen molar-refractivity contribution >= 4 is 6.29 Å². The molecule has 0 radical (unpaired) electrons. The highest BCUT2D eigenvalue weighted by Gasteiger charge is 2.25. The Hall–Kier alpha value is -2.30. The van der Waals surface area contributed by atoms with Gasteiger partial charge in [-0.15, -0.1) is 0 Å². The molecule has 0 aliphatic heterocycles. The van der Waals surface area contributed by atoms with E-state index in [2.05, 4.69) is 9.55 Å². The molecular weight excluding hydrogens is 256 g/mol. The second-order valence-electron chi connectivity index (χ2n) is 4.83. The lowest BCUT2D eigenvalue weighted by molar-refractivity contribution is 0.111. The van der Waals surface area contributed by atoms with E-state index in [9.17, 15) is 4.79 Å². The van der Waals surface area contributed by atoms with E-state index in [1.54, 1.807) is 31.5 Å². The minimum Gasteiger partial charge on any atom is -0.497 e. The Morgan fingerprint density at radius 3 is 3.00 bits per heavy atom. The van der Waals surface area contributed by atoms with E-state index >= 15 is 0 Å². The summed E-state index contributed by atoms with van der Waals surface area (Å²) in [6, 6.07) is 5.72. The minimum atomic E-state index is 0.393. The molecule has 1 fully saturated rings. The maximum atomic E-state index is 11.0. The second-order valence-corrected chi connectivity index (χ2v) is 4.83. The molecule has 1 saturated carbocycles. The maximum Gasteiger partial charge on any atom is 0.153 e. The van der Waals surface area contributed by atoms with Crippen molar-refractivity contribution in [2.45, 2.75) is 25.5 Å². The monoisotopic (exact) mass is 272 g/mol. The highest BCUT2D eigenvalue weighted by molar-refractivity contribution is 5.79. The predicted octanol–water partition coefficient (Wildman–Crippen LogP) is 2.62. The zero-order valence-electron chi connectivity index (χ0n) is 11.3. The van der Waals surface area contributed by atoms with E-state index in [1.807, 2.05) is 6.33 Å². The SMILES string of the molecule is COc1ccc(C=O)c(OCc2cncn2C2CC2)c1. The smallest absolute Gasteiger partial charge is 0.153 e. The summed E-state index contributed by atoms with van der Waals surface area (Å²) >= 11 is 0. The lowest BCUT2D eigenvalue weighted by Gasteiger charge is -2.11. The summed E-state index contributed by atoms with van der Waals surface area (Å²) in [6.07, 6.45) is 6.82. The number of benzene rings is 1. The Kier molecular flexibility index (Phi) is 3.41. The van der Waals surface area contributed by atoms with Crippen LogP contribution in [0.3, 0.4) is 0 Å². The number of ether oxygens (including phenoxy) is 2. The van der Waals surface area contributed by atoms with Crippen molar-refractivity contribution in [2.24, 2.45) is 0 Å². The first-order valence-corrected chi connectivity index (χ1v) is 6.58. The maximum absolute atomic E-state index is 11.0. The Bertz CT molecular complexity index is 617. The van der Waals surface area contributed by atoms with Gasteiger partial charge in [0.2, 0.25) is 0 Å². The largest absolute Gasteiger partial charge is 0.497 e. The van der Waals surface area contributed by atoms with Crippen LogP contribution in [-0.2, 0) is 6.61 Å². The van der Waals surface area contributed by atoms with Crippen molar-refractivity contribution in [1.82, 2.24) is 9.55 Å². The summed E-state index contributed by atoms with van der Waals surface area (Å²) in [5, 5.41) is 0. The number of carbonyl (C=O) groups excluding carboxylic acids is 1. The Balaban J connectivity index is 1.76. The lowest BCUT2D eigenvalue weighted by Crippen LogP contribution is -2.05. The molecule has 5 nitrogen and oxygen atoms in total. The molecule has 0 bridgehead atoms. The number of aldehydes is 1. The first-order chi connectivity index (χ1) is 9.81. The van der Waals surface area contributed by atoms with Crippen LogP contribution in [0.1, 0.15) is 34.9 Å². The number of methoxy groups -OCH3 is 1. The number of imidazole rings is 1. The molecule has 1 aromatic heterocycles. The van der Waals surface area contributed by atoms with Crippen LogP contribution < -0.4 is 9.47 Å². The number of hydrogen-bond acceptors (Lipinski definition) is 4. The van der Waals surface area contributed by atoms with Gasteiger partial charge in [-0.3, -0.25) is 4.79 Å². The summed E-state index contributed by atoms with van der Waals surface area (Å²) in [5.74, 6) is 1.20. The molecular formula is C15H16N2O3. The number of carbonyl (C=O) groups is 1. The van der Waals surface area contributed by atoms with Gasteiger partial charge in [0.25, 0.3) is 0 Å². The quantitative estimate of drug-likeness (QED) is 0.758. The molecule has 20 heavy (non-hydrogen) atoms. The summed E-state index contributed by atoms with van der Waals surface area (Å²) in [5.41, 5.74) is 1.54. The predicted molar refractivity (Wildman–Crippen MR) is 73.2 cm³/mol. The number of rotatable bonds is 6. The minimum absolute atomic E-state index is 0.393. The Labute approximate surface area is 117 Å². The average Bonchev–Trinajstić information content (AvgIpc) is 3.23. The molecule has 1 heterocycles. The summed E-state index contributed by atoms with van der Waals surface area (Å²) in [7, 11) is 1.59. The van der Waals surface area contributed by atoms with Gasteiger partial charge >= 0.3 is 0 Å². The third-order valence-electron chi connectivity index (χ3n) is 3.41. The summed E-state index contributed by atoms with van der Waals surface area (Å²) in [4.78, 5) is 15.2. The third-order valence-corrected chi connectivity index (χ3v) is 3.41. The van der Waals surface area contributed by atoms with Crippen LogP contribution in [0, 0.1) is 0 Å². The molecule has 0 unspecified atom stereocenters. The third kappa shape index (κ3) is 2.52. The molecule has 0 amide bonds. The van der Waals surface area contributed by atoms with Crippen LogP contribution >= 0.6 is 0 Å². The first-order valence-electron chi connectivity index (χ1n) is 6.58. The summed E-state index contributed by atoms with van der Waals surface area (Å²) in [6.45, 7) is 0.393. The van der Waals surface area contributed by atoms with Crippen LogP contribution in [-0.4, -0.2) is 22.9 Å². The molecule has 5 heteroatoms. The van der Waals surface area contributed by atoms with Gasteiger partial charge in [0, 0.05) is 12.1 Å².